The quantitative estimate of drug-likeness (QED) is 0.137. The number of rotatable bonds is 9. The Balaban J connectivity index is 0.000000163. The Morgan fingerprint density at radius 2 is 1.13 bits per heavy atom. The summed E-state index contributed by atoms with van der Waals surface area (Å²) in [5.74, 6) is 4.48. The van der Waals surface area contributed by atoms with Crippen molar-refractivity contribution < 1.29 is 48.2 Å². The SMILES string of the molecule is COc1cc[c-]c(-n2[c-][n+](-c3cccc(OC)c3)cc2)c1.COc1cc[c-]c(-n2[c-][n+](-c3cccc(OC)c3)cc2)c1.Cc1n[n-]c(-c2ccccn2)n1.[Ir]. The van der Waals surface area contributed by atoms with Crippen molar-refractivity contribution in [1.29, 1.82) is 0 Å². The van der Waals surface area contributed by atoms with E-state index < -0.39 is 0 Å². The van der Waals surface area contributed by atoms with E-state index in [9.17, 15) is 0 Å². The number of hydrogen-bond donors (Lipinski definition) is 0. The molecule has 0 amide bonds. The van der Waals surface area contributed by atoms with Gasteiger partial charge in [0.1, 0.15) is 11.5 Å². The zero-order chi connectivity index (χ0) is 37.7. The minimum Gasteiger partial charge on any atom is -0.523 e. The summed E-state index contributed by atoms with van der Waals surface area (Å²) in [7, 11) is 6.61. The largest absolute Gasteiger partial charge is 0.523 e. The molecule has 0 saturated carbocycles. The van der Waals surface area contributed by atoms with E-state index in [0.29, 0.717) is 11.6 Å². The predicted molar refractivity (Wildman–Crippen MR) is 199 cm³/mol. The van der Waals surface area contributed by atoms with Gasteiger partial charge in [-0.3, -0.25) is 19.2 Å². The van der Waals surface area contributed by atoms with Crippen molar-refractivity contribution in [3.63, 3.8) is 0 Å². The number of benzene rings is 4. The molecule has 8 aromatic rings. The van der Waals surface area contributed by atoms with Gasteiger partial charge in [-0.25, -0.2) is 0 Å². The fourth-order valence-corrected chi connectivity index (χ4v) is 5.03. The fraction of sp³-hybridized carbons (Fsp3) is 0.119. The molecule has 0 atom stereocenters. The summed E-state index contributed by atoms with van der Waals surface area (Å²) in [4.78, 5) is 8.19. The molecular formula is C42H37IrN8O4-3. The van der Waals surface area contributed by atoms with Gasteiger partial charge in [-0.1, -0.05) is 18.2 Å². The van der Waals surface area contributed by atoms with Crippen LogP contribution in [0.3, 0.4) is 0 Å². The standard InChI is InChI=1S/2C17H15N2O2.C8H7N4.Ir/c2*1-20-16-7-3-5-14(11-16)18-9-10-19(13-18)15-6-4-8-17(12-15)21-2;1-6-10-8(12-11-6)7-4-2-3-5-9-7;/h2*3-5,7-12H,1-2H3;2-5H,1H3;/q3*-1;. The summed E-state index contributed by atoms with van der Waals surface area (Å²) < 4.78 is 28.5. The second-order valence-electron chi connectivity index (χ2n) is 11.3. The van der Waals surface area contributed by atoms with Crippen molar-refractivity contribution in [1.82, 2.24) is 29.3 Å². The van der Waals surface area contributed by atoms with Gasteiger partial charge in [0.2, 0.25) is 0 Å². The summed E-state index contributed by atoms with van der Waals surface area (Å²) in [6.07, 6.45) is 15.9. The zero-order valence-corrected chi connectivity index (χ0v) is 33.1. The molecule has 0 bridgehead atoms. The van der Waals surface area contributed by atoms with Crippen LogP contribution in [0.2, 0.25) is 0 Å². The molecule has 0 N–H and O–H groups in total. The van der Waals surface area contributed by atoms with Crippen molar-refractivity contribution in [3.8, 4) is 57.3 Å². The van der Waals surface area contributed by atoms with Gasteiger partial charge in [0.25, 0.3) is 12.7 Å². The van der Waals surface area contributed by atoms with E-state index in [4.69, 9.17) is 18.9 Å². The molecule has 13 heteroatoms. The molecule has 281 valence electrons. The number of nitrogens with zero attached hydrogens (tertiary/aromatic N) is 8. The van der Waals surface area contributed by atoms with E-state index in [1.165, 1.54) is 0 Å². The molecule has 0 aliphatic carbocycles. The van der Waals surface area contributed by atoms with Crippen LogP contribution in [0.15, 0.2) is 134 Å². The van der Waals surface area contributed by atoms with Gasteiger partial charge in [0.05, 0.1) is 45.5 Å². The third kappa shape index (κ3) is 10.5. The summed E-state index contributed by atoms with van der Waals surface area (Å²) in [6.45, 7) is 1.80. The average molecular weight is 910 g/mol. The Morgan fingerprint density at radius 1 is 0.618 bits per heavy atom. The Labute approximate surface area is 333 Å². The van der Waals surface area contributed by atoms with E-state index in [0.717, 1.165) is 51.4 Å². The molecule has 8 rings (SSSR count). The number of hydrogen-bond acceptors (Lipinski definition) is 7. The van der Waals surface area contributed by atoms with Gasteiger partial charge in [0.15, 0.2) is 0 Å². The summed E-state index contributed by atoms with van der Waals surface area (Å²) >= 11 is 0. The van der Waals surface area contributed by atoms with Gasteiger partial charge < -0.3 is 38.2 Å². The second-order valence-corrected chi connectivity index (χ2v) is 11.3. The summed E-state index contributed by atoms with van der Waals surface area (Å²) in [5.41, 5.74) is 4.47. The molecule has 0 aliphatic rings. The van der Waals surface area contributed by atoms with Gasteiger partial charge in [-0.15, -0.1) is 24.3 Å². The number of methoxy groups -OCH3 is 4. The maximum Gasteiger partial charge on any atom is 0.267 e. The van der Waals surface area contributed by atoms with Crippen LogP contribution in [0.1, 0.15) is 5.82 Å². The number of ether oxygens (including phenoxy) is 4. The van der Waals surface area contributed by atoms with Crippen LogP contribution in [-0.2, 0) is 20.1 Å². The molecule has 0 spiro atoms. The van der Waals surface area contributed by atoms with Crippen molar-refractivity contribution in [3.05, 3.63) is 165 Å². The first-order valence-corrected chi connectivity index (χ1v) is 16.7. The molecule has 4 aromatic carbocycles. The molecule has 4 aromatic heterocycles. The van der Waals surface area contributed by atoms with Crippen molar-refractivity contribution >= 4 is 0 Å². The molecule has 0 fully saturated rings. The average Bonchev–Trinajstić information content (AvgIpc) is 4.04. The molecule has 4 heterocycles. The fourth-order valence-electron chi connectivity index (χ4n) is 5.03. The van der Waals surface area contributed by atoms with Crippen LogP contribution >= 0.6 is 0 Å². The van der Waals surface area contributed by atoms with Crippen LogP contribution in [0, 0.1) is 31.7 Å². The monoisotopic (exact) mass is 910 g/mol. The van der Waals surface area contributed by atoms with Gasteiger partial charge >= 0.3 is 0 Å². The first kappa shape index (κ1) is 39.6. The van der Waals surface area contributed by atoms with E-state index in [1.54, 1.807) is 41.6 Å². The molecule has 1 radical (unpaired) electrons. The number of imidazole rings is 2. The van der Waals surface area contributed by atoms with E-state index in [2.05, 4.69) is 45.0 Å². The number of pyridine rings is 1. The first-order valence-electron chi connectivity index (χ1n) is 16.7. The predicted octanol–water partition coefficient (Wildman–Crippen LogP) is 5.54. The number of aromatic nitrogens is 8. The normalized spacial score (nSPS) is 10.1. The molecule has 0 saturated heterocycles. The van der Waals surface area contributed by atoms with Crippen LogP contribution in [0.4, 0.5) is 0 Å². The zero-order valence-electron chi connectivity index (χ0n) is 30.7. The molecular weight excluding hydrogens is 873 g/mol. The maximum atomic E-state index is 5.24. The van der Waals surface area contributed by atoms with Crippen LogP contribution in [-0.4, -0.2) is 52.6 Å². The Morgan fingerprint density at radius 3 is 1.56 bits per heavy atom. The van der Waals surface area contributed by atoms with E-state index >= 15 is 0 Å². The molecule has 55 heavy (non-hydrogen) atoms. The Kier molecular flexibility index (Phi) is 14.1. The van der Waals surface area contributed by atoms with Crippen molar-refractivity contribution in [2.24, 2.45) is 0 Å². The molecule has 0 aliphatic heterocycles. The Hall–Kier alpha value is -6.56. The topological polar surface area (TPSA) is 107 Å². The maximum absolute atomic E-state index is 5.24. The third-order valence-electron chi connectivity index (χ3n) is 7.78. The minimum absolute atomic E-state index is 0. The molecule has 0 unspecified atom stereocenters. The summed E-state index contributed by atoms with van der Waals surface area (Å²) in [5, 5.41) is 7.65. The van der Waals surface area contributed by atoms with Gasteiger partial charge in [-0.05, 0) is 72.7 Å². The minimum atomic E-state index is 0. The van der Waals surface area contributed by atoms with Gasteiger partial charge in [0, 0.05) is 68.4 Å². The second kappa shape index (κ2) is 19.5. The summed E-state index contributed by atoms with van der Waals surface area (Å²) in [6, 6.07) is 38.8. The van der Waals surface area contributed by atoms with Crippen molar-refractivity contribution in [2.75, 3.05) is 28.4 Å². The van der Waals surface area contributed by atoms with E-state index in [-0.39, 0.29) is 20.1 Å². The number of aryl methyl sites for hydroxylation is 1. The van der Waals surface area contributed by atoms with Crippen LogP contribution < -0.4 is 33.2 Å². The Bertz CT molecular complexity index is 2140. The van der Waals surface area contributed by atoms with Gasteiger partial charge in [-0.2, -0.15) is 24.3 Å². The molecule has 12 nitrogen and oxygen atoms in total. The first-order chi connectivity index (χ1) is 26.5. The third-order valence-corrected chi connectivity index (χ3v) is 7.78. The van der Waals surface area contributed by atoms with Crippen molar-refractivity contribution in [2.45, 2.75) is 6.92 Å². The van der Waals surface area contributed by atoms with Crippen LogP contribution in [0.5, 0.6) is 23.0 Å². The smallest absolute Gasteiger partial charge is 0.267 e. The van der Waals surface area contributed by atoms with E-state index in [1.807, 2.05) is 146 Å². The van der Waals surface area contributed by atoms with Crippen LogP contribution in [0.25, 0.3) is 34.3 Å².